The highest BCUT2D eigenvalue weighted by molar-refractivity contribution is 7.09. The number of fused-ring (bicyclic) bond motifs is 1. The first kappa shape index (κ1) is 14.4. The Hall–Kier alpha value is -1.59. The number of hydrogen-bond acceptors (Lipinski definition) is 4. The van der Waals surface area contributed by atoms with E-state index in [4.69, 9.17) is 16.3 Å². The molecular weight excluding hydrogens is 308 g/mol. The Morgan fingerprint density at radius 1 is 1.48 bits per heavy atom. The molecule has 2 aromatic rings. The number of benzene rings is 1. The molecular formula is C15H15ClN2O2S. The third-order valence-electron chi connectivity index (χ3n) is 3.34. The molecule has 0 bridgehead atoms. The molecule has 1 amide bonds. The van der Waals surface area contributed by atoms with E-state index >= 15 is 0 Å². The smallest absolute Gasteiger partial charge is 0.224 e. The van der Waals surface area contributed by atoms with Gasteiger partial charge in [-0.15, -0.1) is 22.9 Å². The molecule has 110 valence electrons. The third-order valence-corrected chi connectivity index (χ3v) is 4.67. The quantitative estimate of drug-likeness (QED) is 0.868. The lowest BCUT2D eigenvalue weighted by atomic mass is 10.0. The van der Waals surface area contributed by atoms with Crippen LogP contribution in [-0.2, 0) is 17.1 Å². The SMILES string of the molecule is CC(Oc1ccc2c(c1)CCC(=O)N2)c1nc(CCl)cs1. The van der Waals surface area contributed by atoms with Gasteiger partial charge in [-0.05, 0) is 37.1 Å². The summed E-state index contributed by atoms with van der Waals surface area (Å²) in [7, 11) is 0. The minimum Gasteiger partial charge on any atom is -0.484 e. The van der Waals surface area contributed by atoms with Crippen molar-refractivity contribution in [3.05, 3.63) is 39.8 Å². The van der Waals surface area contributed by atoms with Crippen LogP contribution in [0.1, 0.15) is 35.7 Å². The molecule has 1 unspecified atom stereocenters. The molecule has 1 N–H and O–H groups in total. The Kier molecular flexibility index (Phi) is 4.12. The van der Waals surface area contributed by atoms with Crippen LogP contribution in [0.5, 0.6) is 5.75 Å². The minimum atomic E-state index is -0.122. The van der Waals surface area contributed by atoms with Gasteiger partial charge in [-0.25, -0.2) is 4.98 Å². The van der Waals surface area contributed by atoms with Gasteiger partial charge in [0, 0.05) is 17.5 Å². The van der Waals surface area contributed by atoms with Crippen LogP contribution in [0.3, 0.4) is 0 Å². The second-order valence-corrected chi connectivity index (χ2v) is 6.09. The number of aryl methyl sites for hydroxylation is 1. The number of carbonyl (C=O) groups excluding carboxylic acids is 1. The van der Waals surface area contributed by atoms with Crippen molar-refractivity contribution < 1.29 is 9.53 Å². The molecule has 21 heavy (non-hydrogen) atoms. The number of hydrogen-bond donors (Lipinski definition) is 1. The third kappa shape index (κ3) is 3.19. The van der Waals surface area contributed by atoms with Gasteiger partial charge in [-0.2, -0.15) is 0 Å². The lowest BCUT2D eigenvalue weighted by Gasteiger charge is -2.19. The summed E-state index contributed by atoms with van der Waals surface area (Å²) in [5, 5.41) is 5.73. The number of rotatable bonds is 4. The zero-order chi connectivity index (χ0) is 14.8. The first-order chi connectivity index (χ1) is 10.2. The fraction of sp³-hybridized carbons (Fsp3) is 0.333. The van der Waals surface area contributed by atoms with Gasteiger partial charge in [0.05, 0.1) is 11.6 Å². The van der Waals surface area contributed by atoms with Crippen molar-refractivity contribution in [3.63, 3.8) is 0 Å². The van der Waals surface area contributed by atoms with Gasteiger partial charge in [0.15, 0.2) is 0 Å². The summed E-state index contributed by atoms with van der Waals surface area (Å²) in [6.45, 7) is 1.97. The fourth-order valence-corrected chi connectivity index (χ4v) is 3.29. The molecule has 3 rings (SSSR count). The lowest BCUT2D eigenvalue weighted by Crippen LogP contribution is -2.18. The zero-order valence-electron chi connectivity index (χ0n) is 11.6. The van der Waals surface area contributed by atoms with E-state index in [0.29, 0.717) is 12.3 Å². The van der Waals surface area contributed by atoms with E-state index in [1.807, 2.05) is 30.5 Å². The normalized spacial score (nSPS) is 15.2. The van der Waals surface area contributed by atoms with Crippen molar-refractivity contribution in [1.29, 1.82) is 0 Å². The Bertz CT molecular complexity index is 671. The molecule has 1 atom stereocenters. The summed E-state index contributed by atoms with van der Waals surface area (Å²) in [6, 6.07) is 5.75. The minimum absolute atomic E-state index is 0.0703. The van der Waals surface area contributed by atoms with Gasteiger partial charge in [0.2, 0.25) is 5.91 Å². The van der Waals surface area contributed by atoms with Gasteiger partial charge in [0.25, 0.3) is 0 Å². The molecule has 2 heterocycles. The largest absolute Gasteiger partial charge is 0.484 e. The molecule has 1 aliphatic heterocycles. The van der Waals surface area contributed by atoms with Gasteiger partial charge in [-0.3, -0.25) is 4.79 Å². The van der Waals surface area contributed by atoms with Crippen molar-refractivity contribution >= 4 is 34.5 Å². The van der Waals surface area contributed by atoms with Crippen LogP contribution >= 0.6 is 22.9 Å². The van der Waals surface area contributed by atoms with E-state index in [9.17, 15) is 4.79 Å². The van der Waals surface area contributed by atoms with Gasteiger partial charge in [-0.1, -0.05) is 0 Å². The molecule has 1 aliphatic rings. The van der Waals surface area contributed by atoms with E-state index in [1.165, 1.54) is 0 Å². The molecule has 4 nitrogen and oxygen atoms in total. The molecule has 0 aliphatic carbocycles. The molecule has 0 fully saturated rings. The number of carbonyl (C=O) groups is 1. The standard InChI is InChI=1S/C15H15ClN2O2S/c1-9(15-17-11(7-16)8-21-15)20-12-3-4-13-10(6-12)2-5-14(19)18-13/h3-4,6,8-9H,2,5,7H2,1H3,(H,18,19). The van der Waals surface area contributed by atoms with Crippen molar-refractivity contribution in [2.75, 3.05) is 5.32 Å². The molecule has 6 heteroatoms. The second kappa shape index (κ2) is 6.03. The number of halogens is 1. The van der Waals surface area contributed by atoms with Crippen molar-refractivity contribution in [2.24, 2.45) is 0 Å². The number of nitrogens with one attached hydrogen (secondary N) is 1. The predicted octanol–water partition coefficient (Wildman–Crippen LogP) is 3.91. The van der Waals surface area contributed by atoms with Gasteiger partial charge in [0.1, 0.15) is 16.9 Å². The predicted molar refractivity (Wildman–Crippen MR) is 84.1 cm³/mol. The highest BCUT2D eigenvalue weighted by Crippen LogP contribution is 2.30. The number of nitrogens with zero attached hydrogens (tertiary/aromatic N) is 1. The molecule has 0 radical (unpaired) electrons. The maximum atomic E-state index is 11.3. The van der Waals surface area contributed by atoms with Crippen LogP contribution < -0.4 is 10.1 Å². The maximum Gasteiger partial charge on any atom is 0.224 e. The van der Waals surface area contributed by atoms with Gasteiger partial charge >= 0.3 is 0 Å². The number of ether oxygens (including phenoxy) is 1. The monoisotopic (exact) mass is 322 g/mol. The van der Waals surface area contributed by atoms with Crippen LogP contribution in [0.2, 0.25) is 0 Å². The zero-order valence-corrected chi connectivity index (χ0v) is 13.1. The molecule has 0 saturated heterocycles. The Morgan fingerprint density at radius 3 is 3.10 bits per heavy atom. The molecule has 1 aromatic carbocycles. The first-order valence-electron chi connectivity index (χ1n) is 6.75. The van der Waals surface area contributed by atoms with Crippen molar-refractivity contribution in [2.45, 2.75) is 31.7 Å². The number of thiazole rings is 1. The Morgan fingerprint density at radius 2 is 2.33 bits per heavy atom. The Labute approximate surface area is 132 Å². The summed E-state index contributed by atoms with van der Waals surface area (Å²) in [5.74, 6) is 1.28. The molecule has 0 spiro atoms. The average molecular weight is 323 g/mol. The van der Waals surface area contributed by atoms with Crippen molar-refractivity contribution in [3.8, 4) is 5.75 Å². The summed E-state index contributed by atoms with van der Waals surface area (Å²) in [6.07, 6.45) is 1.15. The summed E-state index contributed by atoms with van der Waals surface area (Å²) in [4.78, 5) is 15.8. The number of anilines is 1. The highest BCUT2D eigenvalue weighted by Gasteiger charge is 2.17. The number of amides is 1. The Balaban J connectivity index is 1.74. The van der Waals surface area contributed by atoms with E-state index < -0.39 is 0 Å². The fourth-order valence-electron chi connectivity index (χ4n) is 2.26. The van der Waals surface area contributed by atoms with E-state index in [1.54, 1.807) is 11.3 Å². The van der Waals surface area contributed by atoms with E-state index in [2.05, 4.69) is 10.3 Å². The van der Waals surface area contributed by atoms with E-state index in [0.717, 1.165) is 34.1 Å². The van der Waals surface area contributed by atoms with Crippen molar-refractivity contribution in [1.82, 2.24) is 4.98 Å². The summed E-state index contributed by atoms with van der Waals surface area (Å²) < 4.78 is 5.94. The summed E-state index contributed by atoms with van der Waals surface area (Å²) >= 11 is 7.32. The van der Waals surface area contributed by atoms with E-state index in [-0.39, 0.29) is 12.0 Å². The number of alkyl halides is 1. The summed E-state index contributed by atoms with van der Waals surface area (Å²) in [5.41, 5.74) is 2.87. The topological polar surface area (TPSA) is 51.2 Å². The average Bonchev–Trinajstić information content (AvgIpc) is 2.96. The van der Waals surface area contributed by atoms with Crippen LogP contribution in [0.15, 0.2) is 23.6 Å². The van der Waals surface area contributed by atoms with Crippen LogP contribution in [0, 0.1) is 0 Å². The number of aromatic nitrogens is 1. The maximum absolute atomic E-state index is 11.3. The van der Waals surface area contributed by atoms with Gasteiger partial charge < -0.3 is 10.1 Å². The lowest BCUT2D eigenvalue weighted by molar-refractivity contribution is -0.116. The first-order valence-corrected chi connectivity index (χ1v) is 8.17. The second-order valence-electron chi connectivity index (χ2n) is 4.94. The van der Waals surface area contributed by atoms with Crippen LogP contribution in [-0.4, -0.2) is 10.9 Å². The highest BCUT2D eigenvalue weighted by atomic mass is 35.5. The molecule has 1 aromatic heterocycles. The van der Waals surface area contributed by atoms with Crippen LogP contribution in [0.25, 0.3) is 0 Å². The molecule has 0 saturated carbocycles. The van der Waals surface area contributed by atoms with Crippen LogP contribution in [0.4, 0.5) is 5.69 Å².